The minimum absolute atomic E-state index is 0.633. The van der Waals surface area contributed by atoms with Crippen molar-refractivity contribution >= 4 is 37.9 Å². The Kier molecular flexibility index (Phi) is 4.43. The van der Waals surface area contributed by atoms with E-state index in [4.69, 9.17) is 9.15 Å². The second kappa shape index (κ2) is 7.97. The van der Waals surface area contributed by atoms with Crippen molar-refractivity contribution in [3.8, 4) is 33.8 Å². The molecule has 6 aromatic carbocycles. The standard InChI is InChI=1S/C37H21BrO2/c38-22-17-18-26-24-10-2-1-9-23(24)25-11-3-5-13-29(25)37(31(26)19-22)30-14-6-8-16-34(30)40-36-21-35-28(20-32(36)37)27-12-4-7-15-33(27)39-35/h1-21H. The normalized spacial score (nSPS) is 16.4. The van der Waals surface area contributed by atoms with Crippen LogP contribution in [0.2, 0.25) is 0 Å². The smallest absolute Gasteiger partial charge is 0.139 e. The molecule has 40 heavy (non-hydrogen) atoms. The summed E-state index contributed by atoms with van der Waals surface area (Å²) in [5, 5.41) is 2.20. The van der Waals surface area contributed by atoms with Crippen LogP contribution in [0.3, 0.4) is 0 Å². The highest BCUT2D eigenvalue weighted by atomic mass is 79.9. The minimum Gasteiger partial charge on any atom is -0.457 e. The van der Waals surface area contributed by atoms with Crippen LogP contribution in [0.5, 0.6) is 11.5 Å². The maximum absolute atomic E-state index is 6.72. The molecule has 0 N–H and O–H groups in total. The molecule has 1 unspecified atom stereocenters. The molecule has 1 aliphatic heterocycles. The van der Waals surface area contributed by atoms with E-state index in [1.807, 2.05) is 12.1 Å². The summed E-state index contributed by atoms with van der Waals surface area (Å²) >= 11 is 3.85. The summed E-state index contributed by atoms with van der Waals surface area (Å²) in [4.78, 5) is 0. The fourth-order valence-corrected chi connectivity index (χ4v) is 7.41. The van der Waals surface area contributed by atoms with Gasteiger partial charge in [0.05, 0.1) is 5.41 Å². The van der Waals surface area contributed by atoms with Gasteiger partial charge in [0, 0.05) is 32.4 Å². The second-order valence-electron chi connectivity index (χ2n) is 10.6. The lowest BCUT2D eigenvalue weighted by Gasteiger charge is -2.42. The van der Waals surface area contributed by atoms with Gasteiger partial charge in [0.15, 0.2) is 0 Å². The molecule has 1 atom stereocenters. The largest absolute Gasteiger partial charge is 0.457 e. The van der Waals surface area contributed by atoms with E-state index < -0.39 is 5.41 Å². The van der Waals surface area contributed by atoms with E-state index >= 15 is 0 Å². The lowest BCUT2D eigenvalue weighted by atomic mass is 9.62. The van der Waals surface area contributed by atoms with Crippen molar-refractivity contribution in [2.24, 2.45) is 0 Å². The molecule has 1 aliphatic carbocycles. The molecule has 0 radical (unpaired) electrons. The van der Waals surface area contributed by atoms with Gasteiger partial charge >= 0.3 is 0 Å². The number of fused-ring (bicyclic) bond motifs is 14. The average molecular weight is 577 g/mol. The zero-order chi connectivity index (χ0) is 26.4. The number of hydrogen-bond donors (Lipinski definition) is 0. The van der Waals surface area contributed by atoms with Gasteiger partial charge in [-0.25, -0.2) is 0 Å². The predicted octanol–water partition coefficient (Wildman–Crippen LogP) is 10.5. The minimum atomic E-state index is -0.633. The molecule has 0 bridgehead atoms. The monoisotopic (exact) mass is 576 g/mol. The summed E-state index contributed by atoms with van der Waals surface area (Å²) < 4.78 is 14.1. The first-order valence-corrected chi connectivity index (χ1v) is 14.3. The third-order valence-electron chi connectivity index (χ3n) is 8.62. The third kappa shape index (κ3) is 2.78. The van der Waals surface area contributed by atoms with Crippen LogP contribution in [0, 0.1) is 0 Å². The Hall–Kier alpha value is -4.60. The Balaban J connectivity index is 1.55. The highest BCUT2D eigenvalue weighted by molar-refractivity contribution is 9.10. The number of furan rings is 1. The summed E-state index contributed by atoms with van der Waals surface area (Å²) in [7, 11) is 0. The van der Waals surface area contributed by atoms with Gasteiger partial charge in [0.2, 0.25) is 0 Å². The molecule has 3 heteroatoms. The number of halogens is 1. The van der Waals surface area contributed by atoms with Crippen LogP contribution >= 0.6 is 15.9 Å². The molecule has 1 spiro atoms. The van der Waals surface area contributed by atoms with E-state index in [0.29, 0.717) is 0 Å². The quantitative estimate of drug-likeness (QED) is 0.179. The predicted molar refractivity (Wildman–Crippen MR) is 164 cm³/mol. The fraction of sp³-hybridized carbons (Fsp3) is 0.0270. The molecule has 0 amide bonds. The van der Waals surface area contributed by atoms with E-state index in [9.17, 15) is 0 Å². The van der Waals surface area contributed by atoms with Crippen LogP contribution < -0.4 is 4.74 Å². The number of benzene rings is 6. The molecule has 2 aliphatic rings. The summed E-state index contributed by atoms with van der Waals surface area (Å²) in [6, 6.07) is 45.5. The van der Waals surface area contributed by atoms with Crippen molar-refractivity contribution < 1.29 is 9.15 Å². The third-order valence-corrected chi connectivity index (χ3v) is 9.11. The summed E-state index contributed by atoms with van der Waals surface area (Å²) in [5.74, 6) is 1.68. The lowest BCUT2D eigenvalue weighted by molar-refractivity contribution is 0.435. The van der Waals surface area contributed by atoms with Crippen LogP contribution in [0.4, 0.5) is 0 Å². The van der Waals surface area contributed by atoms with Gasteiger partial charge in [-0.3, -0.25) is 0 Å². The highest BCUT2D eigenvalue weighted by Gasteiger charge is 2.49. The molecule has 2 nitrogen and oxygen atoms in total. The second-order valence-corrected chi connectivity index (χ2v) is 11.5. The summed E-state index contributed by atoms with van der Waals surface area (Å²) in [5.41, 5.74) is 10.7. The molecule has 0 saturated heterocycles. The first kappa shape index (κ1) is 22.2. The maximum Gasteiger partial charge on any atom is 0.139 e. The maximum atomic E-state index is 6.72. The molecule has 2 heterocycles. The van der Waals surface area contributed by atoms with Crippen LogP contribution in [0.1, 0.15) is 22.3 Å². The average Bonchev–Trinajstić information content (AvgIpc) is 3.32. The van der Waals surface area contributed by atoms with Crippen molar-refractivity contribution in [2.75, 3.05) is 0 Å². The first-order chi connectivity index (χ1) is 19.7. The SMILES string of the molecule is Brc1ccc2c(c1)C1(c3ccccc3Oc3cc4oc5ccccc5c4cc31)c1ccccc1-c1ccccc1-2. The van der Waals surface area contributed by atoms with Crippen LogP contribution in [-0.2, 0) is 5.41 Å². The topological polar surface area (TPSA) is 22.4 Å². The Labute approximate surface area is 239 Å². The summed E-state index contributed by atoms with van der Waals surface area (Å²) in [6.45, 7) is 0. The zero-order valence-electron chi connectivity index (χ0n) is 21.3. The van der Waals surface area contributed by atoms with Crippen molar-refractivity contribution in [1.82, 2.24) is 0 Å². The molecule has 9 rings (SSSR count). The van der Waals surface area contributed by atoms with Crippen molar-refractivity contribution in [3.05, 3.63) is 154 Å². The Morgan fingerprint density at radius 1 is 0.450 bits per heavy atom. The molecular weight excluding hydrogens is 556 g/mol. The van der Waals surface area contributed by atoms with Gasteiger partial charge < -0.3 is 9.15 Å². The van der Waals surface area contributed by atoms with Gasteiger partial charge in [-0.05, 0) is 63.7 Å². The Morgan fingerprint density at radius 2 is 1.12 bits per heavy atom. The lowest BCUT2D eigenvalue weighted by Crippen LogP contribution is -2.34. The Bertz CT molecular complexity index is 2170. The first-order valence-electron chi connectivity index (χ1n) is 13.5. The molecule has 7 aromatic rings. The number of hydrogen-bond acceptors (Lipinski definition) is 2. The molecule has 0 saturated carbocycles. The van der Waals surface area contributed by atoms with E-state index in [2.05, 4.69) is 131 Å². The van der Waals surface area contributed by atoms with Crippen LogP contribution in [-0.4, -0.2) is 0 Å². The van der Waals surface area contributed by atoms with Gasteiger partial charge in [0.25, 0.3) is 0 Å². The highest BCUT2D eigenvalue weighted by Crippen LogP contribution is 2.61. The van der Waals surface area contributed by atoms with Crippen molar-refractivity contribution in [2.45, 2.75) is 5.41 Å². The van der Waals surface area contributed by atoms with Gasteiger partial charge in [-0.1, -0.05) is 107 Å². The molecule has 1 aromatic heterocycles. The molecule has 188 valence electrons. The van der Waals surface area contributed by atoms with E-state index in [0.717, 1.165) is 49.0 Å². The van der Waals surface area contributed by atoms with Crippen LogP contribution in [0.15, 0.2) is 136 Å². The van der Waals surface area contributed by atoms with Crippen LogP contribution in [0.25, 0.3) is 44.2 Å². The number of para-hydroxylation sites is 2. The van der Waals surface area contributed by atoms with Gasteiger partial charge in [0.1, 0.15) is 22.7 Å². The van der Waals surface area contributed by atoms with Crippen molar-refractivity contribution in [1.29, 1.82) is 0 Å². The van der Waals surface area contributed by atoms with Crippen molar-refractivity contribution in [3.63, 3.8) is 0 Å². The van der Waals surface area contributed by atoms with Gasteiger partial charge in [-0.15, -0.1) is 0 Å². The number of ether oxygens (including phenoxy) is 1. The zero-order valence-corrected chi connectivity index (χ0v) is 22.9. The van der Waals surface area contributed by atoms with E-state index in [-0.39, 0.29) is 0 Å². The number of rotatable bonds is 0. The van der Waals surface area contributed by atoms with E-state index in [1.165, 1.54) is 33.4 Å². The summed E-state index contributed by atoms with van der Waals surface area (Å²) in [6.07, 6.45) is 0. The fourth-order valence-electron chi connectivity index (χ4n) is 7.04. The van der Waals surface area contributed by atoms with E-state index in [1.54, 1.807) is 0 Å². The Morgan fingerprint density at radius 3 is 1.98 bits per heavy atom. The molecule has 0 fully saturated rings. The van der Waals surface area contributed by atoms with Gasteiger partial charge in [-0.2, -0.15) is 0 Å². The molecular formula is C37H21BrO2.